The molecule has 0 amide bonds. The van der Waals surface area contributed by atoms with Crippen molar-refractivity contribution in [2.75, 3.05) is 26.2 Å². The second-order valence-electron chi connectivity index (χ2n) is 5.67. The molecule has 0 aliphatic rings. The van der Waals surface area contributed by atoms with Gasteiger partial charge in [0, 0.05) is 17.7 Å². The molecule has 1 atom stereocenters. The molecule has 0 heterocycles. The summed E-state index contributed by atoms with van der Waals surface area (Å²) in [5, 5.41) is 10.0. The Bertz CT molecular complexity index is 621. The van der Waals surface area contributed by atoms with Crippen LogP contribution in [0.4, 0.5) is 0 Å². The summed E-state index contributed by atoms with van der Waals surface area (Å²) in [6.07, 6.45) is -0.532. The molecule has 0 saturated carbocycles. The van der Waals surface area contributed by atoms with E-state index in [4.69, 9.17) is 4.74 Å². The fraction of sp³-hybridized carbons (Fsp3) is 0.350. The van der Waals surface area contributed by atoms with Crippen molar-refractivity contribution < 1.29 is 14.6 Å². The third-order valence-electron chi connectivity index (χ3n) is 3.96. The van der Waals surface area contributed by atoms with Crippen LogP contribution in [0.5, 0.6) is 5.75 Å². The molecule has 2 rings (SSSR count). The summed E-state index contributed by atoms with van der Waals surface area (Å²) in [4.78, 5) is 14.5. The van der Waals surface area contributed by atoms with Crippen LogP contribution in [0.1, 0.15) is 29.8 Å². The van der Waals surface area contributed by atoms with Gasteiger partial charge in [-0.3, -0.25) is 4.79 Å². The summed E-state index contributed by atoms with van der Waals surface area (Å²) in [6, 6.07) is 16.2. The van der Waals surface area contributed by atoms with Gasteiger partial charge in [-0.15, -0.1) is 0 Å². The molecule has 1 N–H and O–H groups in total. The quantitative estimate of drug-likeness (QED) is 0.719. The lowest BCUT2D eigenvalue weighted by molar-refractivity contribution is 0.0716. The van der Waals surface area contributed by atoms with Gasteiger partial charge in [0.05, 0.1) is 0 Å². The van der Waals surface area contributed by atoms with E-state index in [1.54, 1.807) is 36.4 Å². The van der Waals surface area contributed by atoms with Gasteiger partial charge >= 0.3 is 0 Å². The van der Waals surface area contributed by atoms with Crippen LogP contribution < -0.4 is 4.74 Å². The molecule has 4 nitrogen and oxygen atoms in total. The van der Waals surface area contributed by atoms with E-state index in [2.05, 4.69) is 18.7 Å². The van der Waals surface area contributed by atoms with Gasteiger partial charge in [-0.1, -0.05) is 44.2 Å². The van der Waals surface area contributed by atoms with E-state index in [9.17, 15) is 9.90 Å². The van der Waals surface area contributed by atoms with Crippen molar-refractivity contribution in [1.29, 1.82) is 0 Å². The summed E-state index contributed by atoms with van der Waals surface area (Å²) in [5.41, 5.74) is 1.29. The van der Waals surface area contributed by atoms with Crippen molar-refractivity contribution in [2.45, 2.75) is 20.0 Å². The van der Waals surface area contributed by atoms with Crippen molar-refractivity contribution in [3.63, 3.8) is 0 Å². The Morgan fingerprint density at radius 1 is 1.00 bits per heavy atom. The maximum absolute atomic E-state index is 12.3. The Kier molecular flexibility index (Phi) is 6.97. The Morgan fingerprint density at radius 2 is 1.58 bits per heavy atom. The molecule has 0 aliphatic carbocycles. The zero-order chi connectivity index (χ0) is 17.4. The summed E-state index contributed by atoms with van der Waals surface area (Å²) in [5.74, 6) is 0.641. The van der Waals surface area contributed by atoms with Crippen LogP contribution in [-0.4, -0.2) is 48.1 Å². The number of aliphatic hydroxyl groups is 1. The second kappa shape index (κ2) is 9.21. The molecular formula is C20H25NO3. The largest absolute Gasteiger partial charge is 0.491 e. The summed E-state index contributed by atoms with van der Waals surface area (Å²) in [7, 11) is 0. The van der Waals surface area contributed by atoms with Crippen LogP contribution in [0.15, 0.2) is 54.6 Å². The fourth-order valence-electron chi connectivity index (χ4n) is 2.48. The lowest BCUT2D eigenvalue weighted by Gasteiger charge is -2.21. The van der Waals surface area contributed by atoms with E-state index >= 15 is 0 Å². The highest BCUT2D eigenvalue weighted by molar-refractivity contribution is 6.08. The molecule has 0 bridgehead atoms. The SMILES string of the molecule is CCN(CC)CC(O)COc1ccc(C(=O)c2ccccc2)cc1. The predicted molar refractivity (Wildman–Crippen MR) is 95.6 cm³/mol. The van der Waals surface area contributed by atoms with Crippen LogP contribution >= 0.6 is 0 Å². The van der Waals surface area contributed by atoms with Gasteiger partial charge in [0.15, 0.2) is 5.78 Å². The molecule has 0 saturated heterocycles. The predicted octanol–water partition coefficient (Wildman–Crippen LogP) is 3.00. The maximum Gasteiger partial charge on any atom is 0.193 e. The molecule has 0 aliphatic heterocycles. The highest BCUT2D eigenvalue weighted by atomic mass is 16.5. The summed E-state index contributed by atoms with van der Waals surface area (Å²) in [6.45, 7) is 6.78. The van der Waals surface area contributed by atoms with Gasteiger partial charge in [-0.05, 0) is 37.4 Å². The number of hydrogen-bond donors (Lipinski definition) is 1. The number of ketones is 1. The molecule has 0 spiro atoms. The molecular weight excluding hydrogens is 302 g/mol. The minimum absolute atomic E-state index is 0.0104. The van der Waals surface area contributed by atoms with E-state index in [0.717, 1.165) is 13.1 Å². The highest BCUT2D eigenvalue weighted by Gasteiger charge is 2.11. The van der Waals surface area contributed by atoms with Gasteiger partial charge in [0.1, 0.15) is 18.5 Å². The fourth-order valence-corrected chi connectivity index (χ4v) is 2.48. The number of rotatable bonds is 9. The monoisotopic (exact) mass is 327 g/mol. The Hall–Kier alpha value is -2.17. The molecule has 4 heteroatoms. The normalized spacial score (nSPS) is 12.2. The van der Waals surface area contributed by atoms with Gasteiger partial charge in [0.2, 0.25) is 0 Å². The second-order valence-corrected chi connectivity index (χ2v) is 5.67. The van der Waals surface area contributed by atoms with Crippen molar-refractivity contribution in [3.8, 4) is 5.75 Å². The first-order chi connectivity index (χ1) is 11.6. The van der Waals surface area contributed by atoms with Gasteiger partial charge in [0.25, 0.3) is 0 Å². The average molecular weight is 327 g/mol. The maximum atomic E-state index is 12.3. The first-order valence-corrected chi connectivity index (χ1v) is 8.37. The number of aliphatic hydroxyl groups excluding tert-OH is 1. The molecule has 0 radical (unpaired) electrons. The van der Waals surface area contributed by atoms with Gasteiger partial charge < -0.3 is 14.7 Å². The number of likely N-dealkylation sites (N-methyl/N-ethyl adjacent to an activating group) is 1. The van der Waals surface area contributed by atoms with Crippen LogP contribution in [-0.2, 0) is 0 Å². The Morgan fingerprint density at radius 3 is 2.17 bits per heavy atom. The van der Waals surface area contributed by atoms with Crippen molar-refractivity contribution in [1.82, 2.24) is 4.90 Å². The Labute approximate surface area is 143 Å². The molecule has 128 valence electrons. The van der Waals surface area contributed by atoms with E-state index in [1.807, 2.05) is 18.2 Å². The van der Waals surface area contributed by atoms with E-state index < -0.39 is 6.10 Å². The zero-order valence-electron chi connectivity index (χ0n) is 14.3. The molecule has 1 unspecified atom stereocenters. The highest BCUT2D eigenvalue weighted by Crippen LogP contribution is 2.15. The van der Waals surface area contributed by atoms with Crippen molar-refractivity contribution in [2.24, 2.45) is 0 Å². The topological polar surface area (TPSA) is 49.8 Å². The van der Waals surface area contributed by atoms with Gasteiger partial charge in [-0.25, -0.2) is 0 Å². The first-order valence-electron chi connectivity index (χ1n) is 8.37. The standard InChI is InChI=1S/C20H25NO3/c1-3-21(4-2)14-18(22)15-24-19-12-10-17(11-13-19)20(23)16-8-6-5-7-9-16/h5-13,18,22H,3-4,14-15H2,1-2H3. The van der Waals surface area contributed by atoms with E-state index in [0.29, 0.717) is 23.4 Å². The third-order valence-corrected chi connectivity index (χ3v) is 3.96. The van der Waals surface area contributed by atoms with E-state index in [1.165, 1.54) is 0 Å². The molecule has 2 aromatic rings. The third kappa shape index (κ3) is 5.18. The number of ether oxygens (including phenoxy) is 1. The first kappa shape index (κ1) is 18.2. The number of carbonyl (C=O) groups excluding carboxylic acids is 1. The molecule has 2 aromatic carbocycles. The number of nitrogens with zero attached hydrogens (tertiary/aromatic N) is 1. The Balaban J connectivity index is 1.89. The molecule has 0 aromatic heterocycles. The van der Waals surface area contributed by atoms with Crippen LogP contribution in [0.3, 0.4) is 0 Å². The lowest BCUT2D eigenvalue weighted by Crippen LogP contribution is -2.35. The lowest BCUT2D eigenvalue weighted by atomic mass is 10.0. The van der Waals surface area contributed by atoms with Crippen molar-refractivity contribution >= 4 is 5.78 Å². The average Bonchev–Trinajstić information content (AvgIpc) is 2.65. The number of carbonyl (C=O) groups is 1. The van der Waals surface area contributed by atoms with Gasteiger partial charge in [-0.2, -0.15) is 0 Å². The number of hydrogen-bond acceptors (Lipinski definition) is 4. The molecule has 0 fully saturated rings. The minimum atomic E-state index is -0.532. The number of benzene rings is 2. The smallest absolute Gasteiger partial charge is 0.193 e. The summed E-state index contributed by atoms with van der Waals surface area (Å²) >= 11 is 0. The molecule has 24 heavy (non-hydrogen) atoms. The minimum Gasteiger partial charge on any atom is -0.491 e. The van der Waals surface area contributed by atoms with Crippen LogP contribution in [0.25, 0.3) is 0 Å². The zero-order valence-corrected chi connectivity index (χ0v) is 14.3. The van der Waals surface area contributed by atoms with Crippen LogP contribution in [0.2, 0.25) is 0 Å². The van der Waals surface area contributed by atoms with Crippen molar-refractivity contribution in [3.05, 3.63) is 65.7 Å². The summed E-state index contributed by atoms with van der Waals surface area (Å²) < 4.78 is 5.61. The van der Waals surface area contributed by atoms with Crippen LogP contribution in [0, 0.1) is 0 Å². The van der Waals surface area contributed by atoms with E-state index in [-0.39, 0.29) is 12.4 Å².